The van der Waals surface area contributed by atoms with Crippen LogP contribution in [0.1, 0.15) is 31.4 Å². The molecule has 1 amide bonds. The van der Waals surface area contributed by atoms with Gasteiger partial charge in [-0.3, -0.25) is 4.79 Å². The molecule has 1 aliphatic heterocycles. The van der Waals surface area contributed by atoms with Gasteiger partial charge in [-0.05, 0) is 31.2 Å². The Hall–Kier alpha value is -1.29. The molecular formula is C15H19N3O3S3. The quantitative estimate of drug-likeness (QED) is 0.858. The van der Waals surface area contributed by atoms with Crippen molar-refractivity contribution in [3.05, 3.63) is 28.6 Å². The number of piperidine rings is 1. The van der Waals surface area contributed by atoms with Crippen LogP contribution in [-0.4, -0.2) is 36.2 Å². The summed E-state index contributed by atoms with van der Waals surface area (Å²) in [5.74, 6) is -0.192. The number of sulfonamides is 1. The number of aryl methyl sites for hydroxylation is 1. The lowest BCUT2D eigenvalue weighted by Crippen LogP contribution is -2.45. The smallest absolute Gasteiger partial charge is 0.252 e. The van der Waals surface area contributed by atoms with Gasteiger partial charge in [0, 0.05) is 24.4 Å². The van der Waals surface area contributed by atoms with E-state index in [1.807, 2.05) is 12.3 Å². The Morgan fingerprint density at radius 3 is 2.92 bits per heavy atom. The van der Waals surface area contributed by atoms with Gasteiger partial charge in [0.2, 0.25) is 5.91 Å². The Morgan fingerprint density at radius 2 is 2.25 bits per heavy atom. The molecule has 0 bridgehead atoms. The second-order valence-electron chi connectivity index (χ2n) is 5.74. The Bertz CT molecular complexity index is 799. The summed E-state index contributed by atoms with van der Waals surface area (Å²) in [6.45, 7) is 2.33. The van der Waals surface area contributed by atoms with E-state index >= 15 is 0 Å². The third kappa shape index (κ3) is 3.85. The van der Waals surface area contributed by atoms with Crippen molar-refractivity contribution in [2.45, 2.75) is 42.9 Å². The number of hydrogen-bond donors (Lipinski definition) is 1. The molecular weight excluding hydrogens is 366 g/mol. The molecule has 1 aliphatic rings. The number of anilines is 1. The molecule has 130 valence electrons. The average Bonchev–Trinajstić information content (AvgIpc) is 3.20. The normalized spacial score (nSPS) is 19.3. The van der Waals surface area contributed by atoms with E-state index in [1.165, 1.54) is 27.0 Å². The molecule has 9 heteroatoms. The van der Waals surface area contributed by atoms with E-state index in [4.69, 9.17) is 0 Å². The van der Waals surface area contributed by atoms with E-state index in [2.05, 4.69) is 10.3 Å². The van der Waals surface area contributed by atoms with Crippen LogP contribution in [0.15, 0.2) is 27.1 Å². The van der Waals surface area contributed by atoms with Gasteiger partial charge in [0.25, 0.3) is 10.0 Å². The number of thiophene rings is 1. The third-order valence-electron chi connectivity index (χ3n) is 3.92. The van der Waals surface area contributed by atoms with Gasteiger partial charge in [-0.15, -0.1) is 22.7 Å². The number of aromatic nitrogens is 1. The van der Waals surface area contributed by atoms with Gasteiger partial charge in [0.1, 0.15) is 4.21 Å². The van der Waals surface area contributed by atoms with Crippen molar-refractivity contribution in [1.29, 1.82) is 0 Å². The molecule has 6 nitrogen and oxygen atoms in total. The lowest BCUT2D eigenvalue weighted by molar-refractivity contribution is -0.117. The number of carbonyl (C=O) groups excluding carboxylic acids is 1. The second-order valence-corrected chi connectivity index (χ2v) is 9.67. The summed E-state index contributed by atoms with van der Waals surface area (Å²) in [4.78, 5) is 16.5. The number of carbonyl (C=O) groups is 1. The zero-order chi connectivity index (χ0) is 17.2. The molecule has 0 saturated carbocycles. The zero-order valence-corrected chi connectivity index (χ0v) is 15.7. The summed E-state index contributed by atoms with van der Waals surface area (Å²) < 4.78 is 27.4. The minimum absolute atomic E-state index is 0.156. The third-order valence-corrected chi connectivity index (χ3v) is 8.12. The molecule has 3 rings (SSSR count). The van der Waals surface area contributed by atoms with Gasteiger partial charge in [0.15, 0.2) is 5.13 Å². The molecule has 2 aromatic rings. The van der Waals surface area contributed by atoms with Gasteiger partial charge < -0.3 is 5.32 Å². The van der Waals surface area contributed by atoms with Crippen molar-refractivity contribution < 1.29 is 13.2 Å². The Labute approximate surface area is 149 Å². The van der Waals surface area contributed by atoms with Crippen LogP contribution in [0.4, 0.5) is 5.13 Å². The molecule has 24 heavy (non-hydrogen) atoms. The van der Waals surface area contributed by atoms with Crippen LogP contribution in [-0.2, 0) is 14.8 Å². The molecule has 2 aromatic heterocycles. The Balaban J connectivity index is 1.72. The van der Waals surface area contributed by atoms with E-state index in [0.29, 0.717) is 22.3 Å². The molecule has 1 N–H and O–H groups in total. The monoisotopic (exact) mass is 385 g/mol. The Kier molecular flexibility index (Phi) is 5.33. The van der Waals surface area contributed by atoms with Gasteiger partial charge in [-0.2, -0.15) is 4.31 Å². The molecule has 0 aromatic carbocycles. The number of thiazole rings is 1. The predicted octanol–water partition coefficient (Wildman–Crippen LogP) is 3.09. The lowest BCUT2D eigenvalue weighted by Gasteiger charge is -2.33. The molecule has 0 radical (unpaired) electrons. The highest BCUT2D eigenvalue weighted by molar-refractivity contribution is 7.91. The maximum atomic E-state index is 12.8. The summed E-state index contributed by atoms with van der Waals surface area (Å²) in [5, 5.41) is 6.94. The van der Waals surface area contributed by atoms with E-state index < -0.39 is 10.0 Å². The first-order valence-corrected chi connectivity index (χ1v) is 10.9. The summed E-state index contributed by atoms with van der Waals surface area (Å²) in [6.07, 6.45) is 2.62. The van der Waals surface area contributed by atoms with E-state index in [0.717, 1.165) is 18.5 Å². The number of nitrogens with one attached hydrogen (secondary N) is 1. The topological polar surface area (TPSA) is 79.4 Å². The minimum Gasteiger partial charge on any atom is -0.302 e. The fourth-order valence-corrected chi connectivity index (χ4v) is 6.33. The fourth-order valence-electron chi connectivity index (χ4n) is 2.82. The zero-order valence-electron chi connectivity index (χ0n) is 13.3. The van der Waals surface area contributed by atoms with Crippen LogP contribution in [0, 0.1) is 6.92 Å². The van der Waals surface area contributed by atoms with Crippen LogP contribution in [0.3, 0.4) is 0 Å². The largest absolute Gasteiger partial charge is 0.302 e. The fraction of sp³-hybridized carbons (Fsp3) is 0.467. The number of hydrogen-bond acceptors (Lipinski definition) is 6. The van der Waals surface area contributed by atoms with Crippen LogP contribution < -0.4 is 5.32 Å². The highest BCUT2D eigenvalue weighted by atomic mass is 32.2. The summed E-state index contributed by atoms with van der Waals surface area (Å²) in [6, 6.07) is 3.05. The van der Waals surface area contributed by atoms with Crippen molar-refractivity contribution >= 4 is 43.7 Å². The summed E-state index contributed by atoms with van der Waals surface area (Å²) >= 11 is 2.58. The Morgan fingerprint density at radius 1 is 1.42 bits per heavy atom. The summed E-state index contributed by atoms with van der Waals surface area (Å²) in [7, 11) is -3.52. The molecule has 3 heterocycles. The summed E-state index contributed by atoms with van der Waals surface area (Å²) in [5.41, 5.74) is 0.856. The van der Waals surface area contributed by atoms with Crippen molar-refractivity contribution in [2.75, 3.05) is 11.9 Å². The van der Waals surface area contributed by atoms with Gasteiger partial charge in [-0.25, -0.2) is 13.4 Å². The SMILES string of the molecule is Cc1csc(NC(=O)CC2CCCCN2S(=O)(=O)c2cccs2)n1. The minimum atomic E-state index is -3.52. The first kappa shape index (κ1) is 17.5. The molecule has 1 atom stereocenters. The van der Waals surface area contributed by atoms with Crippen molar-refractivity contribution in [3.8, 4) is 0 Å². The van der Waals surface area contributed by atoms with Crippen LogP contribution in [0.2, 0.25) is 0 Å². The predicted molar refractivity (Wildman–Crippen MR) is 95.9 cm³/mol. The standard InChI is InChI=1S/C15H19N3O3S3/c1-11-10-23-15(16-11)17-13(19)9-12-5-2-3-7-18(12)24(20,21)14-6-4-8-22-14/h4,6,8,10,12H,2-3,5,7,9H2,1H3,(H,16,17,19). The molecule has 1 saturated heterocycles. The molecule has 1 unspecified atom stereocenters. The highest BCUT2D eigenvalue weighted by Crippen LogP contribution is 2.29. The van der Waals surface area contributed by atoms with Gasteiger partial charge >= 0.3 is 0 Å². The number of rotatable bonds is 5. The maximum Gasteiger partial charge on any atom is 0.252 e. The first-order chi connectivity index (χ1) is 11.5. The van der Waals surface area contributed by atoms with Crippen LogP contribution in [0.5, 0.6) is 0 Å². The van der Waals surface area contributed by atoms with Crippen LogP contribution >= 0.6 is 22.7 Å². The maximum absolute atomic E-state index is 12.8. The lowest BCUT2D eigenvalue weighted by atomic mass is 10.0. The average molecular weight is 386 g/mol. The molecule has 0 aliphatic carbocycles. The molecule has 0 spiro atoms. The van der Waals surface area contributed by atoms with Crippen molar-refractivity contribution in [2.24, 2.45) is 0 Å². The van der Waals surface area contributed by atoms with Crippen molar-refractivity contribution in [3.63, 3.8) is 0 Å². The van der Waals surface area contributed by atoms with E-state index in [-0.39, 0.29) is 18.4 Å². The number of amides is 1. The van der Waals surface area contributed by atoms with E-state index in [9.17, 15) is 13.2 Å². The highest BCUT2D eigenvalue weighted by Gasteiger charge is 2.35. The van der Waals surface area contributed by atoms with Crippen molar-refractivity contribution in [1.82, 2.24) is 9.29 Å². The van der Waals surface area contributed by atoms with Gasteiger partial charge in [-0.1, -0.05) is 12.5 Å². The first-order valence-electron chi connectivity index (χ1n) is 7.74. The van der Waals surface area contributed by atoms with E-state index in [1.54, 1.807) is 17.5 Å². The second kappa shape index (κ2) is 7.30. The number of nitrogens with zero attached hydrogens (tertiary/aromatic N) is 2. The van der Waals surface area contributed by atoms with Gasteiger partial charge in [0.05, 0.1) is 5.69 Å². The molecule has 1 fully saturated rings. The van der Waals surface area contributed by atoms with Crippen LogP contribution in [0.25, 0.3) is 0 Å².